The van der Waals surface area contributed by atoms with Crippen LogP contribution in [0.15, 0.2) is 0 Å². The second-order valence-electron chi connectivity index (χ2n) is 4.07. The number of amides is 1. The first-order valence-electron chi connectivity index (χ1n) is 5.18. The number of likely N-dealkylation sites (tertiary alicyclic amines) is 1. The molecule has 14 heavy (non-hydrogen) atoms. The first kappa shape index (κ1) is 11.9. The molecule has 1 fully saturated rings. The maximum Gasteiger partial charge on any atom is 0.239 e. The Labute approximate surface area is 90.4 Å². The van der Waals surface area contributed by atoms with Gasteiger partial charge in [0.1, 0.15) is 0 Å². The lowest BCUT2D eigenvalue weighted by atomic mass is 10.2. The van der Waals surface area contributed by atoms with E-state index in [0.717, 1.165) is 31.7 Å². The number of thioether (sulfide) groups is 1. The predicted octanol–water partition coefficient (Wildman–Crippen LogP) is 0.935. The normalized spacial score (nSPS) is 23.9. The minimum absolute atomic E-state index is 0.142. The molecule has 1 heterocycles. The van der Waals surface area contributed by atoms with Crippen LogP contribution in [-0.4, -0.2) is 41.9 Å². The molecular formula is C10H20N2OS. The average Bonchev–Trinajstić information content (AvgIpc) is 2.60. The number of nitrogens with zero attached hydrogens (tertiary/aromatic N) is 1. The van der Waals surface area contributed by atoms with Crippen molar-refractivity contribution >= 4 is 17.7 Å². The lowest BCUT2D eigenvalue weighted by Gasteiger charge is -2.20. The van der Waals surface area contributed by atoms with E-state index in [0.29, 0.717) is 5.92 Å². The summed E-state index contributed by atoms with van der Waals surface area (Å²) in [4.78, 5) is 13.7. The third kappa shape index (κ3) is 3.17. The Bertz CT molecular complexity index is 199. The maximum absolute atomic E-state index is 11.8. The smallest absolute Gasteiger partial charge is 0.239 e. The molecule has 1 amide bonds. The fourth-order valence-corrected chi connectivity index (χ4v) is 2.23. The Morgan fingerprint density at radius 1 is 1.71 bits per heavy atom. The van der Waals surface area contributed by atoms with Crippen LogP contribution in [0.5, 0.6) is 0 Å². The highest BCUT2D eigenvalue weighted by Gasteiger charge is 2.26. The molecule has 82 valence electrons. The van der Waals surface area contributed by atoms with Crippen LogP contribution in [0.1, 0.15) is 19.8 Å². The summed E-state index contributed by atoms with van der Waals surface area (Å²) < 4.78 is 0. The van der Waals surface area contributed by atoms with E-state index in [4.69, 9.17) is 5.73 Å². The molecule has 0 bridgehead atoms. The Morgan fingerprint density at radius 3 is 2.93 bits per heavy atom. The van der Waals surface area contributed by atoms with Crippen molar-refractivity contribution in [3.8, 4) is 0 Å². The molecule has 0 saturated carbocycles. The number of nitrogens with two attached hydrogens (primary N) is 1. The second-order valence-corrected chi connectivity index (χ2v) is 5.05. The van der Waals surface area contributed by atoms with Crippen LogP contribution >= 0.6 is 11.8 Å². The summed E-state index contributed by atoms with van der Waals surface area (Å²) in [5, 5.41) is 0. The van der Waals surface area contributed by atoms with Gasteiger partial charge in [-0.2, -0.15) is 11.8 Å². The van der Waals surface area contributed by atoms with Crippen LogP contribution in [-0.2, 0) is 4.79 Å². The van der Waals surface area contributed by atoms with Crippen LogP contribution < -0.4 is 5.73 Å². The maximum atomic E-state index is 11.8. The summed E-state index contributed by atoms with van der Waals surface area (Å²) in [5.41, 5.74) is 5.82. The zero-order chi connectivity index (χ0) is 10.6. The molecule has 0 aliphatic carbocycles. The molecular weight excluding hydrogens is 196 g/mol. The molecule has 1 aliphatic rings. The lowest BCUT2D eigenvalue weighted by Crippen LogP contribution is -2.42. The zero-order valence-corrected chi connectivity index (χ0v) is 9.85. The largest absolute Gasteiger partial charge is 0.341 e. The van der Waals surface area contributed by atoms with Crippen LogP contribution in [0.4, 0.5) is 0 Å². The van der Waals surface area contributed by atoms with Gasteiger partial charge in [0.05, 0.1) is 6.04 Å². The highest BCUT2D eigenvalue weighted by molar-refractivity contribution is 7.98. The topological polar surface area (TPSA) is 46.3 Å². The third-order valence-electron chi connectivity index (χ3n) is 2.69. The predicted molar refractivity (Wildman–Crippen MR) is 61.3 cm³/mol. The van der Waals surface area contributed by atoms with E-state index in [-0.39, 0.29) is 11.9 Å². The molecule has 4 heteroatoms. The van der Waals surface area contributed by atoms with E-state index < -0.39 is 0 Å². The van der Waals surface area contributed by atoms with E-state index in [9.17, 15) is 4.79 Å². The van der Waals surface area contributed by atoms with Gasteiger partial charge in [0, 0.05) is 13.1 Å². The number of carbonyl (C=O) groups excluding carboxylic acids is 1. The summed E-state index contributed by atoms with van der Waals surface area (Å²) in [6, 6.07) is -0.284. The van der Waals surface area contributed by atoms with Gasteiger partial charge in [-0.1, -0.05) is 6.92 Å². The Hall–Kier alpha value is -0.220. The van der Waals surface area contributed by atoms with Crippen molar-refractivity contribution in [1.82, 2.24) is 4.90 Å². The number of hydrogen-bond donors (Lipinski definition) is 1. The molecule has 1 rings (SSSR count). The first-order valence-corrected chi connectivity index (χ1v) is 6.58. The molecule has 0 aromatic carbocycles. The van der Waals surface area contributed by atoms with Gasteiger partial charge < -0.3 is 10.6 Å². The highest BCUT2D eigenvalue weighted by Crippen LogP contribution is 2.16. The zero-order valence-electron chi connectivity index (χ0n) is 9.03. The fraction of sp³-hybridized carbons (Fsp3) is 0.900. The van der Waals surface area contributed by atoms with Crippen molar-refractivity contribution in [3.05, 3.63) is 0 Å². The molecule has 2 N–H and O–H groups in total. The van der Waals surface area contributed by atoms with Crippen molar-refractivity contribution in [1.29, 1.82) is 0 Å². The van der Waals surface area contributed by atoms with E-state index in [1.165, 1.54) is 0 Å². The lowest BCUT2D eigenvalue weighted by molar-refractivity contribution is -0.131. The fourth-order valence-electron chi connectivity index (χ4n) is 1.74. The summed E-state index contributed by atoms with van der Waals surface area (Å²) in [6.07, 6.45) is 3.96. The molecule has 0 aromatic rings. The van der Waals surface area contributed by atoms with Gasteiger partial charge in [-0.25, -0.2) is 0 Å². The van der Waals surface area contributed by atoms with Crippen LogP contribution in [0.3, 0.4) is 0 Å². The minimum Gasteiger partial charge on any atom is -0.341 e. The van der Waals surface area contributed by atoms with E-state index >= 15 is 0 Å². The van der Waals surface area contributed by atoms with Gasteiger partial charge in [0.25, 0.3) is 0 Å². The van der Waals surface area contributed by atoms with Gasteiger partial charge in [0.15, 0.2) is 0 Å². The van der Waals surface area contributed by atoms with E-state index in [1.54, 1.807) is 11.8 Å². The van der Waals surface area contributed by atoms with Gasteiger partial charge in [-0.3, -0.25) is 4.79 Å². The second kappa shape index (κ2) is 5.61. The van der Waals surface area contributed by atoms with Gasteiger partial charge in [0.2, 0.25) is 5.91 Å². The van der Waals surface area contributed by atoms with Gasteiger partial charge in [-0.15, -0.1) is 0 Å². The van der Waals surface area contributed by atoms with Crippen molar-refractivity contribution < 1.29 is 4.79 Å². The molecule has 2 unspecified atom stereocenters. The molecule has 1 aliphatic heterocycles. The van der Waals surface area contributed by atoms with Gasteiger partial charge >= 0.3 is 0 Å². The molecule has 0 spiro atoms. The Morgan fingerprint density at radius 2 is 2.43 bits per heavy atom. The van der Waals surface area contributed by atoms with Crippen molar-refractivity contribution in [2.75, 3.05) is 25.1 Å². The Kier molecular flexibility index (Phi) is 4.75. The van der Waals surface area contributed by atoms with E-state index in [1.807, 2.05) is 11.2 Å². The SMILES string of the molecule is CSCCC(N)C(=O)N1CCC(C)C1. The molecule has 1 saturated heterocycles. The first-order chi connectivity index (χ1) is 6.65. The van der Waals surface area contributed by atoms with Crippen LogP contribution in [0.25, 0.3) is 0 Å². The molecule has 0 aromatic heterocycles. The van der Waals surface area contributed by atoms with E-state index in [2.05, 4.69) is 6.92 Å². The van der Waals surface area contributed by atoms with Crippen LogP contribution in [0, 0.1) is 5.92 Å². The Balaban J connectivity index is 2.32. The third-order valence-corrected chi connectivity index (χ3v) is 3.33. The van der Waals surface area contributed by atoms with Crippen molar-refractivity contribution in [2.45, 2.75) is 25.8 Å². The molecule has 3 nitrogen and oxygen atoms in total. The molecule has 2 atom stereocenters. The van der Waals surface area contributed by atoms with Crippen LogP contribution in [0.2, 0.25) is 0 Å². The average molecular weight is 216 g/mol. The van der Waals surface area contributed by atoms with Crippen molar-refractivity contribution in [2.24, 2.45) is 11.7 Å². The van der Waals surface area contributed by atoms with Crippen molar-refractivity contribution in [3.63, 3.8) is 0 Å². The van der Waals surface area contributed by atoms with Gasteiger partial charge in [-0.05, 0) is 30.8 Å². The quantitative estimate of drug-likeness (QED) is 0.760. The minimum atomic E-state index is -0.284. The summed E-state index contributed by atoms with van der Waals surface area (Å²) in [6.45, 7) is 3.97. The molecule has 0 radical (unpaired) electrons. The standard InChI is InChI=1S/C10H20N2OS/c1-8-3-5-12(7-8)10(13)9(11)4-6-14-2/h8-9H,3-7,11H2,1-2H3. The summed E-state index contributed by atoms with van der Waals surface area (Å²) in [7, 11) is 0. The summed E-state index contributed by atoms with van der Waals surface area (Å²) in [5.74, 6) is 1.76. The number of carbonyl (C=O) groups is 1. The highest BCUT2D eigenvalue weighted by atomic mass is 32.2. The number of rotatable bonds is 4. The monoisotopic (exact) mass is 216 g/mol. The summed E-state index contributed by atoms with van der Waals surface area (Å²) >= 11 is 1.74. The number of hydrogen-bond acceptors (Lipinski definition) is 3.